The van der Waals surface area contributed by atoms with E-state index < -0.39 is 9.85 Å². The largest absolute Gasteiger partial charge is 0.378 e. The lowest BCUT2D eigenvalue weighted by atomic mass is 10.2. The highest BCUT2D eigenvalue weighted by Crippen LogP contribution is 2.28. The van der Waals surface area contributed by atoms with Crippen LogP contribution in [0.2, 0.25) is 0 Å². The minimum atomic E-state index is -0.680. The molecule has 2 N–H and O–H groups in total. The molecule has 0 bridgehead atoms. The normalized spacial score (nSPS) is 11.1. The molecule has 0 heterocycles. The summed E-state index contributed by atoms with van der Waals surface area (Å²) in [6.07, 6.45) is 0. The Hall–Kier alpha value is -2.54. The number of hydrogen-bond donors (Lipinski definition) is 2. The lowest BCUT2D eigenvalue weighted by molar-refractivity contribution is -0.393. The fourth-order valence-corrected chi connectivity index (χ4v) is 3.01. The topological polar surface area (TPSA) is 184 Å². The lowest BCUT2D eigenvalue weighted by Gasteiger charge is -2.09. The Labute approximate surface area is 240 Å². The summed E-state index contributed by atoms with van der Waals surface area (Å²) in [5.74, 6) is 0. The van der Waals surface area contributed by atoms with Gasteiger partial charge in [0.15, 0.2) is 0 Å². The lowest BCUT2D eigenvalue weighted by Crippen LogP contribution is -2.17. The minimum Gasteiger partial charge on any atom is -0.378 e. The standard InChI is InChI=1S/C25H44N4O12/c1-26-4-6-34-8-10-36-12-14-38-16-18-40-20-21-41-19-17-39-15-13-37-11-9-35-7-5-27-24-3-2-23(28(30)31)22-25(24)29(32)33/h2-3,22,26-27H,4-21H2,1H3. The third kappa shape index (κ3) is 20.9. The van der Waals surface area contributed by atoms with E-state index in [1.807, 2.05) is 7.05 Å². The van der Waals surface area contributed by atoms with Gasteiger partial charge in [0.05, 0.1) is 122 Å². The number of ether oxygens (including phenoxy) is 8. The second-order valence-electron chi connectivity index (χ2n) is 8.14. The molecule has 0 saturated carbocycles. The van der Waals surface area contributed by atoms with Gasteiger partial charge in [-0.3, -0.25) is 20.2 Å². The molecule has 0 atom stereocenters. The van der Waals surface area contributed by atoms with Gasteiger partial charge in [0.1, 0.15) is 5.69 Å². The first-order chi connectivity index (χ1) is 20.1. The van der Waals surface area contributed by atoms with Crippen molar-refractivity contribution in [3.8, 4) is 0 Å². The summed E-state index contributed by atoms with van der Waals surface area (Å²) < 4.78 is 43.3. The Kier molecular flexibility index (Phi) is 23.5. The first-order valence-corrected chi connectivity index (χ1v) is 13.5. The Morgan fingerprint density at radius 3 is 1.27 bits per heavy atom. The highest BCUT2D eigenvalue weighted by molar-refractivity contribution is 5.65. The Morgan fingerprint density at radius 1 is 0.561 bits per heavy atom. The van der Waals surface area contributed by atoms with Crippen molar-refractivity contribution in [2.24, 2.45) is 0 Å². The monoisotopic (exact) mass is 592 g/mol. The Balaban J connectivity index is 1.79. The molecule has 0 aliphatic heterocycles. The van der Waals surface area contributed by atoms with E-state index in [2.05, 4.69) is 10.6 Å². The second-order valence-corrected chi connectivity index (χ2v) is 8.14. The van der Waals surface area contributed by atoms with Crippen LogP contribution in [-0.2, 0) is 37.9 Å². The number of hydrogen-bond acceptors (Lipinski definition) is 14. The van der Waals surface area contributed by atoms with E-state index >= 15 is 0 Å². The minimum absolute atomic E-state index is 0.190. The van der Waals surface area contributed by atoms with Gasteiger partial charge < -0.3 is 48.5 Å². The zero-order valence-electron chi connectivity index (χ0n) is 23.8. The van der Waals surface area contributed by atoms with Crippen LogP contribution in [-0.4, -0.2) is 136 Å². The maximum atomic E-state index is 11.1. The van der Waals surface area contributed by atoms with E-state index in [-0.39, 0.29) is 23.7 Å². The van der Waals surface area contributed by atoms with Gasteiger partial charge in [-0.25, -0.2) is 0 Å². The van der Waals surface area contributed by atoms with E-state index in [0.29, 0.717) is 106 Å². The summed E-state index contributed by atoms with van der Waals surface area (Å²) in [4.78, 5) is 20.5. The summed E-state index contributed by atoms with van der Waals surface area (Å²) >= 11 is 0. The SMILES string of the molecule is CNCCOCCOCCOCCOCCOCCOCCOCCOCCNc1ccc([N+](=O)[O-])cc1[N+](=O)[O-]. The molecule has 16 heteroatoms. The van der Waals surface area contributed by atoms with Crippen molar-refractivity contribution in [2.45, 2.75) is 0 Å². The van der Waals surface area contributed by atoms with Crippen LogP contribution >= 0.6 is 0 Å². The number of nitrogens with zero attached hydrogens (tertiary/aromatic N) is 2. The van der Waals surface area contributed by atoms with Gasteiger partial charge in [0, 0.05) is 19.2 Å². The van der Waals surface area contributed by atoms with Crippen molar-refractivity contribution in [2.75, 3.05) is 131 Å². The van der Waals surface area contributed by atoms with Crippen LogP contribution in [0.25, 0.3) is 0 Å². The van der Waals surface area contributed by atoms with E-state index in [1.165, 1.54) is 12.1 Å². The average Bonchev–Trinajstić information content (AvgIpc) is 2.96. The quantitative estimate of drug-likeness (QED) is 0.0739. The van der Waals surface area contributed by atoms with Crippen LogP contribution in [0.1, 0.15) is 0 Å². The van der Waals surface area contributed by atoms with Crippen molar-refractivity contribution in [3.63, 3.8) is 0 Å². The molecule has 236 valence electrons. The van der Waals surface area contributed by atoms with Crippen LogP contribution in [0.5, 0.6) is 0 Å². The maximum Gasteiger partial charge on any atom is 0.299 e. The predicted octanol–water partition coefficient (Wildman–Crippen LogP) is 1.27. The van der Waals surface area contributed by atoms with E-state index in [4.69, 9.17) is 37.9 Å². The molecular formula is C25H44N4O12. The first-order valence-electron chi connectivity index (χ1n) is 13.5. The van der Waals surface area contributed by atoms with Gasteiger partial charge in [-0.2, -0.15) is 0 Å². The molecule has 0 aliphatic rings. The highest BCUT2D eigenvalue weighted by atomic mass is 16.6. The van der Waals surface area contributed by atoms with Gasteiger partial charge in [-0.1, -0.05) is 0 Å². The van der Waals surface area contributed by atoms with Gasteiger partial charge in [0.25, 0.3) is 11.4 Å². The summed E-state index contributed by atoms with van der Waals surface area (Å²) in [5.41, 5.74) is -0.515. The van der Waals surface area contributed by atoms with E-state index in [1.54, 1.807) is 0 Å². The number of likely N-dealkylation sites (N-methyl/N-ethyl adjacent to an activating group) is 1. The molecule has 0 aliphatic carbocycles. The molecule has 0 radical (unpaired) electrons. The number of non-ortho nitro benzene ring substituents is 1. The molecule has 1 rings (SSSR count). The van der Waals surface area contributed by atoms with Gasteiger partial charge >= 0.3 is 0 Å². The molecule has 41 heavy (non-hydrogen) atoms. The van der Waals surface area contributed by atoms with Crippen molar-refractivity contribution in [1.29, 1.82) is 0 Å². The number of nitrogens with one attached hydrogen (secondary N) is 2. The Morgan fingerprint density at radius 2 is 0.927 bits per heavy atom. The predicted molar refractivity (Wildman–Crippen MR) is 149 cm³/mol. The zero-order valence-corrected chi connectivity index (χ0v) is 23.8. The van der Waals surface area contributed by atoms with Crippen molar-refractivity contribution < 1.29 is 47.7 Å². The number of benzene rings is 1. The van der Waals surface area contributed by atoms with E-state index in [0.717, 1.165) is 12.6 Å². The number of nitro benzene ring substituents is 2. The molecule has 0 spiro atoms. The van der Waals surface area contributed by atoms with Crippen molar-refractivity contribution >= 4 is 17.1 Å². The van der Waals surface area contributed by atoms with Gasteiger partial charge in [-0.05, 0) is 13.1 Å². The van der Waals surface area contributed by atoms with Gasteiger partial charge in [-0.15, -0.1) is 0 Å². The second kappa shape index (κ2) is 26.4. The molecule has 16 nitrogen and oxygen atoms in total. The average molecular weight is 593 g/mol. The van der Waals surface area contributed by atoms with Crippen LogP contribution in [0.3, 0.4) is 0 Å². The fraction of sp³-hybridized carbons (Fsp3) is 0.760. The number of nitro groups is 2. The molecule has 0 saturated heterocycles. The van der Waals surface area contributed by atoms with Gasteiger partial charge in [0.2, 0.25) is 0 Å². The Bertz CT molecular complexity index is 806. The summed E-state index contributed by atoms with van der Waals surface area (Å²) in [6.45, 7) is 8.67. The van der Waals surface area contributed by atoms with Crippen LogP contribution in [0.4, 0.5) is 17.1 Å². The third-order valence-corrected chi connectivity index (χ3v) is 5.05. The van der Waals surface area contributed by atoms with Crippen molar-refractivity contribution in [3.05, 3.63) is 38.4 Å². The first kappa shape index (κ1) is 36.5. The fourth-order valence-electron chi connectivity index (χ4n) is 3.01. The maximum absolute atomic E-state index is 11.1. The molecule has 1 aromatic rings. The molecule has 0 unspecified atom stereocenters. The molecule has 1 aromatic carbocycles. The van der Waals surface area contributed by atoms with E-state index in [9.17, 15) is 20.2 Å². The zero-order chi connectivity index (χ0) is 29.8. The van der Waals surface area contributed by atoms with Crippen LogP contribution in [0, 0.1) is 20.2 Å². The summed E-state index contributed by atoms with van der Waals surface area (Å²) in [6, 6.07) is 3.43. The molecular weight excluding hydrogens is 548 g/mol. The summed E-state index contributed by atoms with van der Waals surface area (Å²) in [5, 5.41) is 27.7. The van der Waals surface area contributed by atoms with Crippen LogP contribution < -0.4 is 10.6 Å². The molecule has 0 amide bonds. The highest BCUT2D eigenvalue weighted by Gasteiger charge is 2.18. The smallest absolute Gasteiger partial charge is 0.299 e. The molecule has 0 fully saturated rings. The summed E-state index contributed by atoms with van der Waals surface area (Å²) in [7, 11) is 1.88. The molecule has 0 aromatic heterocycles. The van der Waals surface area contributed by atoms with Crippen molar-refractivity contribution in [1.82, 2.24) is 5.32 Å². The number of rotatable bonds is 30. The third-order valence-electron chi connectivity index (χ3n) is 5.05. The number of anilines is 1. The van der Waals surface area contributed by atoms with Crippen LogP contribution in [0.15, 0.2) is 18.2 Å².